The van der Waals surface area contributed by atoms with Crippen LogP contribution in [0.15, 0.2) is 48.5 Å². The van der Waals surface area contributed by atoms with Crippen molar-refractivity contribution in [3.8, 4) is 11.5 Å². The van der Waals surface area contributed by atoms with Gasteiger partial charge in [0.15, 0.2) is 0 Å². The van der Waals surface area contributed by atoms with E-state index in [1.807, 2.05) is 30.3 Å². The number of hydrogen-bond acceptors (Lipinski definition) is 3. The van der Waals surface area contributed by atoms with E-state index in [4.69, 9.17) is 4.74 Å². The number of phenols is 1. The van der Waals surface area contributed by atoms with Gasteiger partial charge in [-0.05, 0) is 24.3 Å². The normalized spacial score (nSPS) is 15.8. The molecule has 0 amide bonds. The number of piperazine rings is 1. The van der Waals surface area contributed by atoms with Crippen LogP contribution in [0.5, 0.6) is 11.5 Å². The van der Waals surface area contributed by atoms with E-state index in [0.717, 1.165) is 44.2 Å². The Labute approximate surface area is 131 Å². The lowest BCUT2D eigenvalue weighted by molar-refractivity contribution is -0.914. The molecule has 1 aliphatic rings. The summed E-state index contributed by atoms with van der Waals surface area (Å²) >= 11 is 0. The van der Waals surface area contributed by atoms with Gasteiger partial charge >= 0.3 is 0 Å². The molecular weight excluding hydrogens is 276 g/mol. The topological polar surface area (TPSA) is 37.1 Å². The second-order valence-electron chi connectivity index (χ2n) is 5.75. The Kier molecular flexibility index (Phi) is 4.49. The molecule has 0 aromatic heterocycles. The van der Waals surface area contributed by atoms with Crippen molar-refractivity contribution in [2.45, 2.75) is 6.54 Å². The van der Waals surface area contributed by atoms with Crippen molar-refractivity contribution in [1.29, 1.82) is 0 Å². The van der Waals surface area contributed by atoms with E-state index in [1.54, 1.807) is 18.1 Å². The second kappa shape index (κ2) is 6.71. The van der Waals surface area contributed by atoms with E-state index in [2.05, 4.69) is 17.0 Å². The molecule has 0 aliphatic carbocycles. The van der Waals surface area contributed by atoms with Gasteiger partial charge in [-0.2, -0.15) is 0 Å². The number of quaternary nitrogens is 1. The highest BCUT2D eigenvalue weighted by Gasteiger charge is 2.21. The predicted octanol–water partition coefficient (Wildman–Crippen LogP) is 1.31. The number of para-hydroxylation sites is 2. The molecule has 0 saturated carbocycles. The summed E-state index contributed by atoms with van der Waals surface area (Å²) in [5.74, 6) is 1.29. The number of anilines is 1. The highest BCUT2D eigenvalue weighted by molar-refractivity contribution is 5.57. The Morgan fingerprint density at radius 3 is 2.59 bits per heavy atom. The first-order chi connectivity index (χ1) is 10.8. The molecule has 116 valence electrons. The Hall–Kier alpha value is -2.20. The zero-order chi connectivity index (χ0) is 15.4. The molecule has 3 rings (SSSR count). The lowest BCUT2D eigenvalue weighted by Crippen LogP contribution is -3.13. The monoisotopic (exact) mass is 299 g/mol. The summed E-state index contributed by atoms with van der Waals surface area (Å²) in [6.07, 6.45) is 0. The highest BCUT2D eigenvalue weighted by Crippen LogP contribution is 2.26. The molecule has 0 atom stereocenters. The zero-order valence-electron chi connectivity index (χ0n) is 13.0. The molecular formula is C18H23N2O2+. The van der Waals surface area contributed by atoms with Crippen molar-refractivity contribution in [3.05, 3.63) is 54.1 Å². The predicted molar refractivity (Wildman–Crippen MR) is 87.7 cm³/mol. The molecule has 22 heavy (non-hydrogen) atoms. The first-order valence-electron chi connectivity index (χ1n) is 7.75. The lowest BCUT2D eigenvalue weighted by Gasteiger charge is -2.34. The van der Waals surface area contributed by atoms with Crippen LogP contribution in [0.1, 0.15) is 5.56 Å². The molecule has 1 saturated heterocycles. The maximum atomic E-state index is 9.96. The average Bonchev–Trinajstić information content (AvgIpc) is 2.56. The van der Waals surface area contributed by atoms with Crippen molar-refractivity contribution < 1.29 is 14.7 Å². The average molecular weight is 299 g/mol. The van der Waals surface area contributed by atoms with Gasteiger partial charge < -0.3 is 19.6 Å². The van der Waals surface area contributed by atoms with Gasteiger partial charge in [-0.3, -0.25) is 0 Å². The highest BCUT2D eigenvalue weighted by atomic mass is 16.5. The van der Waals surface area contributed by atoms with Crippen LogP contribution in [0, 0.1) is 0 Å². The Bertz CT molecular complexity index is 622. The van der Waals surface area contributed by atoms with Crippen LogP contribution in [0.3, 0.4) is 0 Å². The van der Waals surface area contributed by atoms with Crippen LogP contribution in [0.2, 0.25) is 0 Å². The standard InChI is InChI=1S/C18H22N2O2/c1-22-16-6-4-5-15(13-16)14-19-9-11-20(12-10-19)17-7-2-3-8-18(17)21/h2-8,13,21H,9-12,14H2,1H3/p+1. The summed E-state index contributed by atoms with van der Waals surface area (Å²) in [7, 11) is 1.71. The van der Waals surface area contributed by atoms with E-state index in [1.165, 1.54) is 5.56 Å². The van der Waals surface area contributed by atoms with Crippen molar-refractivity contribution >= 4 is 5.69 Å². The SMILES string of the molecule is COc1cccc(C[NH+]2CCN(c3ccccc3O)CC2)c1. The molecule has 1 aliphatic heterocycles. The van der Waals surface area contributed by atoms with Gasteiger partial charge in [0.1, 0.15) is 18.0 Å². The van der Waals surface area contributed by atoms with E-state index < -0.39 is 0 Å². The summed E-state index contributed by atoms with van der Waals surface area (Å²) in [6.45, 7) is 5.11. The first kappa shape index (κ1) is 14.7. The van der Waals surface area contributed by atoms with E-state index >= 15 is 0 Å². The molecule has 2 aromatic carbocycles. The summed E-state index contributed by atoms with van der Waals surface area (Å²) in [6, 6.07) is 15.9. The van der Waals surface area contributed by atoms with Crippen molar-refractivity contribution in [2.24, 2.45) is 0 Å². The Morgan fingerprint density at radius 1 is 1.09 bits per heavy atom. The number of rotatable bonds is 4. The number of ether oxygens (including phenoxy) is 1. The Balaban J connectivity index is 1.59. The van der Waals surface area contributed by atoms with E-state index in [-0.39, 0.29) is 0 Å². The van der Waals surface area contributed by atoms with E-state index in [9.17, 15) is 5.11 Å². The molecule has 0 bridgehead atoms. The molecule has 4 heteroatoms. The van der Waals surface area contributed by atoms with Crippen LogP contribution >= 0.6 is 0 Å². The van der Waals surface area contributed by atoms with Crippen LogP contribution in [-0.4, -0.2) is 38.4 Å². The number of benzene rings is 2. The zero-order valence-corrected chi connectivity index (χ0v) is 13.0. The minimum atomic E-state index is 0.374. The van der Waals surface area contributed by atoms with Crippen molar-refractivity contribution in [2.75, 3.05) is 38.2 Å². The van der Waals surface area contributed by atoms with Crippen molar-refractivity contribution in [1.82, 2.24) is 0 Å². The quantitative estimate of drug-likeness (QED) is 0.894. The molecule has 0 radical (unpaired) electrons. The third kappa shape index (κ3) is 3.34. The largest absolute Gasteiger partial charge is 0.506 e. The summed E-state index contributed by atoms with van der Waals surface area (Å²) in [4.78, 5) is 3.84. The summed E-state index contributed by atoms with van der Waals surface area (Å²) in [5, 5.41) is 9.96. The van der Waals surface area contributed by atoms with Gasteiger partial charge in [0.05, 0.1) is 39.0 Å². The molecule has 0 spiro atoms. The fourth-order valence-electron chi connectivity index (χ4n) is 3.04. The number of nitrogens with one attached hydrogen (secondary N) is 1. The third-order valence-electron chi connectivity index (χ3n) is 4.28. The van der Waals surface area contributed by atoms with Crippen LogP contribution in [0.25, 0.3) is 0 Å². The fraction of sp³-hybridized carbons (Fsp3) is 0.333. The maximum Gasteiger partial charge on any atom is 0.138 e. The smallest absolute Gasteiger partial charge is 0.138 e. The van der Waals surface area contributed by atoms with Gasteiger partial charge in [0.25, 0.3) is 0 Å². The molecule has 1 heterocycles. The van der Waals surface area contributed by atoms with Gasteiger partial charge in [-0.25, -0.2) is 0 Å². The lowest BCUT2D eigenvalue weighted by atomic mass is 10.1. The van der Waals surface area contributed by atoms with Gasteiger partial charge in [-0.1, -0.05) is 24.3 Å². The van der Waals surface area contributed by atoms with Gasteiger partial charge in [0, 0.05) is 5.56 Å². The molecule has 0 unspecified atom stereocenters. The molecule has 2 N–H and O–H groups in total. The van der Waals surface area contributed by atoms with E-state index in [0.29, 0.717) is 5.75 Å². The molecule has 4 nitrogen and oxygen atoms in total. The molecule has 1 fully saturated rings. The number of nitrogens with zero attached hydrogens (tertiary/aromatic N) is 1. The molecule has 2 aromatic rings. The Morgan fingerprint density at radius 2 is 1.86 bits per heavy atom. The minimum absolute atomic E-state index is 0.374. The third-order valence-corrected chi connectivity index (χ3v) is 4.28. The second-order valence-corrected chi connectivity index (χ2v) is 5.75. The summed E-state index contributed by atoms with van der Waals surface area (Å²) < 4.78 is 5.29. The van der Waals surface area contributed by atoms with Crippen LogP contribution < -0.4 is 14.5 Å². The fourth-order valence-corrected chi connectivity index (χ4v) is 3.04. The number of aromatic hydroxyl groups is 1. The van der Waals surface area contributed by atoms with Crippen LogP contribution in [-0.2, 0) is 6.54 Å². The minimum Gasteiger partial charge on any atom is -0.506 e. The number of methoxy groups -OCH3 is 1. The van der Waals surface area contributed by atoms with Crippen molar-refractivity contribution in [3.63, 3.8) is 0 Å². The maximum absolute atomic E-state index is 9.96. The number of phenolic OH excluding ortho intramolecular Hbond substituents is 1. The van der Waals surface area contributed by atoms with Gasteiger partial charge in [0.2, 0.25) is 0 Å². The first-order valence-corrected chi connectivity index (χ1v) is 7.75. The number of hydrogen-bond donors (Lipinski definition) is 2. The van der Waals surface area contributed by atoms with Gasteiger partial charge in [-0.15, -0.1) is 0 Å². The summed E-state index contributed by atoms with van der Waals surface area (Å²) in [5.41, 5.74) is 2.26. The van der Waals surface area contributed by atoms with Crippen LogP contribution in [0.4, 0.5) is 5.69 Å².